The van der Waals surface area contributed by atoms with Crippen molar-refractivity contribution >= 4 is 27.7 Å². The fraction of sp³-hybridized carbons (Fsp3) is 0.409. The Morgan fingerprint density at radius 1 is 1.20 bits per heavy atom. The standard InChI is InChI=1S/C22H26N2O5S/c1-15-3-4-17(14-21(15)30(26,27)24-9-11-28-12-10-24)23-22(25)8-6-18-5-7-20(29-18)19-13-16(19)2/h3-8,14,16,19H,9-13H2,1-2H3,(H,23,25)/b8-6+. The highest BCUT2D eigenvalue weighted by Gasteiger charge is 2.36. The average molecular weight is 431 g/mol. The van der Waals surface area contributed by atoms with Crippen molar-refractivity contribution in [3.8, 4) is 0 Å². The van der Waals surface area contributed by atoms with Crippen molar-refractivity contribution in [2.75, 3.05) is 31.6 Å². The smallest absolute Gasteiger partial charge is 0.248 e. The number of anilines is 1. The molecule has 4 rings (SSSR count). The summed E-state index contributed by atoms with van der Waals surface area (Å²) in [6.07, 6.45) is 4.14. The van der Waals surface area contributed by atoms with Crippen LogP contribution in [0.5, 0.6) is 0 Å². The van der Waals surface area contributed by atoms with Crippen LogP contribution in [-0.2, 0) is 19.6 Å². The van der Waals surface area contributed by atoms with Gasteiger partial charge in [-0.3, -0.25) is 4.79 Å². The fourth-order valence-corrected chi connectivity index (χ4v) is 5.26. The number of furan rings is 1. The van der Waals surface area contributed by atoms with E-state index in [1.54, 1.807) is 25.1 Å². The van der Waals surface area contributed by atoms with Gasteiger partial charge in [-0.2, -0.15) is 4.31 Å². The lowest BCUT2D eigenvalue weighted by Crippen LogP contribution is -2.40. The van der Waals surface area contributed by atoms with Gasteiger partial charge in [0.2, 0.25) is 15.9 Å². The molecule has 1 aromatic heterocycles. The molecule has 1 amide bonds. The van der Waals surface area contributed by atoms with Crippen molar-refractivity contribution < 1.29 is 22.4 Å². The van der Waals surface area contributed by atoms with Gasteiger partial charge in [0.25, 0.3) is 0 Å². The number of benzene rings is 1. The molecule has 0 radical (unpaired) electrons. The second-order valence-electron chi connectivity index (χ2n) is 7.88. The summed E-state index contributed by atoms with van der Waals surface area (Å²) in [7, 11) is -3.64. The molecular weight excluding hydrogens is 404 g/mol. The van der Waals surface area contributed by atoms with Gasteiger partial charge in [0.1, 0.15) is 11.5 Å². The number of sulfonamides is 1. The number of ether oxygens (including phenoxy) is 1. The van der Waals surface area contributed by atoms with E-state index in [-0.39, 0.29) is 10.8 Å². The summed E-state index contributed by atoms with van der Waals surface area (Å²) >= 11 is 0. The molecule has 2 fully saturated rings. The van der Waals surface area contributed by atoms with Crippen LogP contribution in [0.15, 0.2) is 45.7 Å². The molecule has 0 bridgehead atoms. The van der Waals surface area contributed by atoms with Crippen molar-refractivity contribution in [3.63, 3.8) is 0 Å². The highest BCUT2D eigenvalue weighted by Crippen LogP contribution is 2.47. The third-order valence-corrected chi connectivity index (χ3v) is 7.61. The van der Waals surface area contributed by atoms with Crippen LogP contribution in [0.3, 0.4) is 0 Å². The van der Waals surface area contributed by atoms with E-state index < -0.39 is 10.0 Å². The van der Waals surface area contributed by atoms with Crippen LogP contribution in [-0.4, -0.2) is 44.9 Å². The Labute approximate surface area is 176 Å². The predicted molar refractivity (Wildman–Crippen MR) is 114 cm³/mol. The highest BCUT2D eigenvalue weighted by atomic mass is 32.2. The largest absolute Gasteiger partial charge is 0.461 e. The number of aryl methyl sites for hydroxylation is 1. The van der Waals surface area contributed by atoms with Crippen LogP contribution in [0, 0.1) is 12.8 Å². The Hall–Kier alpha value is -2.42. The number of nitrogens with zero attached hydrogens (tertiary/aromatic N) is 1. The first-order chi connectivity index (χ1) is 14.3. The van der Waals surface area contributed by atoms with Gasteiger partial charge < -0.3 is 14.5 Å². The molecule has 1 aliphatic heterocycles. The summed E-state index contributed by atoms with van der Waals surface area (Å²) in [5.41, 5.74) is 1.06. The number of hydrogen-bond donors (Lipinski definition) is 1. The second-order valence-corrected chi connectivity index (χ2v) is 9.79. The van der Waals surface area contributed by atoms with Gasteiger partial charge in [-0.05, 0) is 55.2 Å². The Bertz CT molecular complexity index is 1070. The zero-order valence-corrected chi connectivity index (χ0v) is 17.9. The molecule has 0 spiro atoms. The van der Waals surface area contributed by atoms with Gasteiger partial charge >= 0.3 is 0 Å². The Kier molecular flexibility index (Phi) is 5.81. The SMILES string of the molecule is Cc1ccc(NC(=O)/C=C/c2ccc(C3CC3C)o2)cc1S(=O)(=O)N1CCOCC1. The molecule has 8 heteroatoms. The van der Waals surface area contributed by atoms with E-state index in [4.69, 9.17) is 9.15 Å². The van der Waals surface area contributed by atoms with Gasteiger partial charge in [0, 0.05) is 30.8 Å². The topological polar surface area (TPSA) is 88.8 Å². The van der Waals surface area contributed by atoms with E-state index in [1.165, 1.54) is 16.4 Å². The van der Waals surface area contributed by atoms with E-state index in [0.717, 1.165) is 12.2 Å². The van der Waals surface area contributed by atoms with E-state index in [2.05, 4.69) is 12.2 Å². The zero-order chi connectivity index (χ0) is 21.3. The van der Waals surface area contributed by atoms with Gasteiger partial charge in [-0.1, -0.05) is 13.0 Å². The Balaban J connectivity index is 1.44. The molecule has 2 aliphatic rings. The van der Waals surface area contributed by atoms with Crippen molar-refractivity contribution in [2.24, 2.45) is 5.92 Å². The molecule has 1 saturated heterocycles. The van der Waals surface area contributed by atoms with Crippen LogP contribution in [0.25, 0.3) is 6.08 Å². The van der Waals surface area contributed by atoms with Crippen molar-refractivity contribution in [1.29, 1.82) is 0 Å². The molecule has 30 heavy (non-hydrogen) atoms. The van der Waals surface area contributed by atoms with Crippen LogP contribution in [0.2, 0.25) is 0 Å². The van der Waals surface area contributed by atoms with Crippen LogP contribution in [0.1, 0.15) is 36.3 Å². The molecule has 160 valence electrons. The minimum absolute atomic E-state index is 0.195. The molecule has 2 atom stereocenters. The first-order valence-electron chi connectivity index (χ1n) is 10.1. The van der Waals surface area contributed by atoms with E-state index >= 15 is 0 Å². The van der Waals surface area contributed by atoms with Crippen LogP contribution >= 0.6 is 0 Å². The predicted octanol–water partition coefficient (Wildman–Crippen LogP) is 3.38. The maximum Gasteiger partial charge on any atom is 0.248 e. The first-order valence-corrected chi connectivity index (χ1v) is 11.6. The van der Waals surface area contributed by atoms with Gasteiger partial charge in [-0.15, -0.1) is 0 Å². The number of rotatable bonds is 6. The summed E-state index contributed by atoms with van der Waals surface area (Å²) in [4.78, 5) is 12.5. The van der Waals surface area contributed by atoms with Crippen LogP contribution in [0.4, 0.5) is 5.69 Å². The lowest BCUT2D eigenvalue weighted by molar-refractivity contribution is -0.111. The molecular formula is C22H26N2O5S. The third-order valence-electron chi connectivity index (χ3n) is 5.57. The van der Waals surface area contributed by atoms with E-state index in [0.29, 0.717) is 55.2 Å². The minimum atomic E-state index is -3.64. The molecule has 2 unspecified atom stereocenters. The average Bonchev–Trinajstić information content (AvgIpc) is 3.28. The van der Waals surface area contributed by atoms with E-state index in [1.807, 2.05) is 12.1 Å². The number of amides is 1. The minimum Gasteiger partial charge on any atom is -0.461 e. The van der Waals surface area contributed by atoms with E-state index in [9.17, 15) is 13.2 Å². The maximum atomic E-state index is 13.0. The molecule has 7 nitrogen and oxygen atoms in total. The van der Waals surface area contributed by atoms with Gasteiger partial charge in [-0.25, -0.2) is 8.42 Å². The molecule has 1 aliphatic carbocycles. The second kappa shape index (κ2) is 8.37. The number of carbonyl (C=O) groups excluding carboxylic acids is 1. The summed E-state index contributed by atoms with van der Waals surface area (Å²) in [5, 5.41) is 2.73. The molecule has 1 aromatic carbocycles. The molecule has 1 saturated carbocycles. The molecule has 1 N–H and O–H groups in total. The maximum absolute atomic E-state index is 13.0. The lowest BCUT2D eigenvalue weighted by Gasteiger charge is -2.26. The van der Waals surface area contributed by atoms with Crippen molar-refractivity contribution in [1.82, 2.24) is 4.31 Å². The molecule has 2 heterocycles. The first kappa shape index (κ1) is 20.8. The number of hydrogen-bond acceptors (Lipinski definition) is 5. The molecule has 2 aromatic rings. The lowest BCUT2D eigenvalue weighted by atomic mass is 10.2. The van der Waals surface area contributed by atoms with Gasteiger partial charge in [0.15, 0.2) is 0 Å². The monoisotopic (exact) mass is 430 g/mol. The number of nitrogens with one attached hydrogen (secondary N) is 1. The quantitative estimate of drug-likeness (QED) is 0.710. The number of morpholine rings is 1. The summed E-state index contributed by atoms with van der Waals surface area (Å²) < 4.78 is 38.4. The Morgan fingerprint density at radius 3 is 2.63 bits per heavy atom. The number of carbonyl (C=O) groups is 1. The Morgan fingerprint density at radius 2 is 1.93 bits per heavy atom. The van der Waals surface area contributed by atoms with Crippen molar-refractivity contribution in [2.45, 2.75) is 31.1 Å². The highest BCUT2D eigenvalue weighted by molar-refractivity contribution is 7.89. The summed E-state index contributed by atoms with van der Waals surface area (Å²) in [5.74, 6) is 2.37. The summed E-state index contributed by atoms with van der Waals surface area (Å²) in [6.45, 7) is 5.35. The fourth-order valence-electron chi connectivity index (χ4n) is 3.60. The van der Waals surface area contributed by atoms with Crippen molar-refractivity contribution in [3.05, 3.63) is 53.5 Å². The van der Waals surface area contributed by atoms with Crippen LogP contribution < -0.4 is 5.32 Å². The summed E-state index contributed by atoms with van der Waals surface area (Å²) in [6, 6.07) is 8.70. The zero-order valence-electron chi connectivity index (χ0n) is 17.1. The van der Waals surface area contributed by atoms with Gasteiger partial charge in [0.05, 0.1) is 18.1 Å². The normalized spacial score (nSPS) is 22.3. The third kappa shape index (κ3) is 4.50.